The van der Waals surface area contributed by atoms with Crippen molar-refractivity contribution in [3.8, 4) is 0 Å². The second kappa shape index (κ2) is 4.83. The number of carbonyl (C=O) groups is 1. The molecule has 0 aliphatic carbocycles. The highest BCUT2D eigenvalue weighted by atomic mass is 32.1. The molecule has 108 valence electrons. The normalized spacial score (nSPS) is 22.4. The van der Waals surface area contributed by atoms with Crippen LogP contribution in [0.25, 0.3) is 4.96 Å². The number of hydrogen-bond donors (Lipinski definition) is 1. The molecule has 2 aromatic heterocycles. The molecule has 0 radical (unpaired) electrons. The van der Waals surface area contributed by atoms with Gasteiger partial charge in [0.15, 0.2) is 17.1 Å². The lowest BCUT2D eigenvalue weighted by atomic mass is 10.1. The average molecular weight is 295 g/mol. The predicted octanol–water partition coefficient (Wildman–Crippen LogP) is 1.18. The number of anilines is 1. The molecule has 0 bridgehead atoms. The summed E-state index contributed by atoms with van der Waals surface area (Å²) in [4.78, 5) is 18.8. The zero-order valence-electron chi connectivity index (χ0n) is 11.4. The van der Waals surface area contributed by atoms with E-state index in [0.29, 0.717) is 24.6 Å². The third-order valence-electron chi connectivity index (χ3n) is 3.38. The van der Waals surface area contributed by atoms with Crippen LogP contribution < -0.4 is 4.90 Å². The molecule has 1 N–H and O–H groups in total. The zero-order valence-corrected chi connectivity index (χ0v) is 12.3. The summed E-state index contributed by atoms with van der Waals surface area (Å²) in [6, 6.07) is 0. The molecule has 2 aromatic rings. The van der Waals surface area contributed by atoms with Crippen LogP contribution in [0.4, 0.5) is 5.82 Å². The number of aliphatic hydroxyl groups excluding tert-OH is 1. The molecule has 1 unspecified atom stereocenters. The third-order valence-corrected chi connectivity index (χ3v) is 4.13. The number of thiazole rings is 1. The first-order valence-corrected chi connectivity index (χ1v) is 7.36. The lowest BCUT2D eigenvalue weighted by Crippen LogP contribution is -2.54. The number of morpholine rings is 1. The minimum atomic E-state index is -0.386. The van der Waals surface area contributed by atoms with Gasteiger partial charge in [-0.2, -0.15) is 0 Å². The summed E-state index contributed by atoms with van der Waals surface area (Å²) in [7, 11) is 0. The first-order chi connectivity index (χ1) is 9.54. The fourth-order valence-corrected chi connectivity index (χ4v) is 3.40. The first-order valence-electron chi connectivity index (χ1n) is 6.48. The van der Waals surface area contributed by atoms with Crippen molar-refractivity contribution >= 4 is 28.4 Å². The van der Waals surface area contributed by atoms with Gasteiger partial charge in [0.2, 0.25) is 0 Å². The molecule has 7 heteroatoms. The van der Waals surface area contributed by atoms with E-state index in [-0.39, 0.29) is 18.3 Å². The molecular weight excluding hydrogens is 278 g/mol. The van der Waals surface area contributed by atoms with Crippen LogP contribution >= 0.6 is 11.3 Å². The highest BCUT2D eigenvalue weighted by Gasteiger charge is 2.35. The number of imidazole rings is 1. The van der Waals surface area contributed by atoms with Crippen molar-refractivity contribution in [3.63, 3.8) is 0 Å². The number of aliphatic hydroxyl groups is 1. The van der Waals surface area contributed by atoms with Gasteiger partial charge in [-0.15, -0.1) is 11.3 Å². The Morgan fingerprint density at radius 3 is 3.15 bits per heavy atom. The van der Waals surface area contributed by atoms with Crippen molar-refractivity contribution in [2.24, 2.45) is 0 Å². The van der Waals surface area contributed by atoms with Gasteiger partial charge >= 0.3 is 0 Å². The van der Waals surface area contributed by atoms with Gasteiger partial charge in [-0.05, 0) is 13.8 Å². The average Bonchev–Trinajstić information content (AvgIpc) is 2.96. The SMILES string of the molecule is CC1(C)CN(c2nc3sccn3c2C=O)CC(CO)O1. The van der Waals surface area contributed by atoms with Gasteiger partial charge in [-0.1, -0.05) is 0 Å². The Labute approximate surface area is 120 Å². The first kappa shape index (κ1) is 13.5. The smallest absolute Gasteiger partial charge is 0.196 e. The van der Waals surface area contributed by atoms with Gasteiger partial charge in [0, 0.05) is 24.7 Å². The van der Waals surface area contributed by atoms with Gasteiger partial charge in [-0.3, -0.25) is 9.20 Å². The summed E-state index contributed by atoms with van der Waals surface area (Å²) >= 11 is 1.49. The van der Waals surface area contributed by atoms with Crippen molar-refractivity contribution in [2.75, 3.05) is 24.6 Å². The highest BCUT2D eigenvalue weighted by Crippen LogP contribution is 2.29. The summed E-state index contributed by atoms with van der Waals surface area (Å²) in [6.45, 7) is 5.07. The summed E-state index contributed by atoms with van der Waals surface area (Å²) in [5, 5.41) is 11.3. The van der Waals surface area contributed by atoms with Crippen LogP contribution in [0, 0.1) is 0 Å². The largest absolute Gasteiger partial charge is 0.394 e. The highest BCUT2D eigenvalue weighted by molar-refractivity contribution is 7.15. The van der Waals surface area contributed by atoms with E-state index < -0.39 is 0 Å². The minimum Gasteiger partial charge on any atom is -0.394 e. The molecule has 6 nitrogen and oxygen atoms in total. The molecule has 0 aromatic carbocycles. The topological polar surface area (TPSA) is 67.1 Å². The van der Waals surface area contributed by atoms with Gasteiger partial charge < -0.3 is 14.7 Å². The second-order valence-corrected chi connectivity index (χ2v) is 6.43. The van der Waals surface area contributed by atoms with Crippen LogP contribution in [0.3, 0.4) is 0 Å². The molecule has 0 saturated carbocycles. The summed E-state index contributed by atoms with van der Waals surface area (Å²) in [6.07, 6.45) is 2.41. The molecule has 1 fully saturated rings. The Bertz CT molecular complexity index is 634. The maximum Gasteiger partial charge on any atom is 0.196 e. The van der Waals surface area contributed by atoms with Gasteiger partial charge in [0.05, 0.1) is 18.3 Å². The summed E-state index contributed by atoms with van der Waals surface area (Å²) < 4.78 is 7.59. The number of ether oxygens (including phenoxy) is 1. The van der Waals surface area contributed by atoms with Crippen molar-refractivity contribution in [1.82, 2.24) is 9.38 Å². The van der Waals surface area contributed by atoms with E-state index in [9.17, 15) is 9.90 Å². The molecule has 1 aliphatic rings. The van der Waals surface area contributed by atoms with Crippen LogP contribution in [0.2, 0.25) is 0 Å². The van der Waals surface area contributed by atoms with Crippen LogP contribution in [0.5, 0.6) is 0 Å². The summed E-state index contributed by atoms with van der Waals surface area (Å²) in [5.41, 5.74) is 0.165. The lowest BCUT2D eigenvalue weighted by Gasteiger charge is -2.42. The molecule has 1 saturated heterocycles. The molecule has 3 heterocycles. The fourth-order valence-electron chi connectivity index (χ4n) is 2.69. The molecule has 0 spiro atoms. The van der Waals surface area contributed by atoms with Gasteiger partial charge in [0.1, 0.15) is 5.69 Å². The van der Waals surface area contributed by atoms with E-state index >= 15 is 0 Å². The van der Waals surface area contributed by atoms with E-state index in [0.717, 1.165) is 11.2 Å². The second-order valence-electron chi connectivity index (χ2n) is 5.56. The van der Waals surface area contributed by atoms with E-state index in [2.05, 4.69) is 4.98 Å². The van der Waals surface area contributed by atoms with E-state index in [1.807, 2.05) is 30.3 Å². The van der Waals surface area contributed by atoms with E-state index in [4.69, 9.17) is 4.74 Å². The number of rotatable bonds is 3. The standard InChI is InChI=1S/C13H17N3O3S/c1-13(2)8-15(5-9(6-17)19-13)11-10(7-18)16-3-4-20-12(16)14-11/h3-4,7,9,17H,5-6,8H2,1-2H3. The third kappa shape index (κ3) is 2.21. The molecular formula is C13H17N3O3S. The number of carbonyl (C=O) groups excluding carboxylic acids is 1. The Hall–Kier alpha value is -1.44. The monoisotopic (exact) mass is 295 g/mol. The van der Waals surface area contributed by atoms with Crippen LogP contribution in [-0.2, 0) is 4.74 Å². The lowest BCUT2D eigenvalue weighted by molar-refractivity contribution is -0.101. The van der Waals surface area contributed by atoms with Crippen molar-refractivity contribution < 1.29 is 14.6 Å². The summed E-state index contributed by atoms with van der Waals surface area (Å²) in [5.74, 6) is 0.668. The molecule has 20 heavy (non-hydrogen) atoms. The number of fused-ring (bicyclic) bond motifs is 1. The van der Waals surface area contributed by atoms with Crippen LogP contribution in [0.15, 0.2) is 11.6 Å². The maximum absolute atomic E-state index is 11.4. The van der Waals surface area contributed by atoms with Crippen molar-refractivity contribution in [2.45, 2.75) is 25.6 Å². The molecule has 3 rings (SSSR count). The predicted molar refractivity (Wildman–Crippen MR) is 76.7 cm³/mol. The van der Waals surface area contributed by atoms with Crippen molar-refractivity contribution in [1.29, 1.82) is 0 Å². The number of nitrogens with zero attached hydrogens (tertiary/aromatic N) is 3. The Kier molecular flexibility index (Phi) is 3.27. The Morgan fingerprint density at radius 1 is 1.65 bits per heavy atom. The molecule has 1 aliphatic heterocycles. The molecule has 1 atom stereocenters. The van der Waals surface area contributed by atoms with Crippen LogP contribution in [-0.4, -0.2) is 52.2 Å². The zero-order chi connectivity index (χ0) is 14.3. The Morgan fingerprint density at radius 2 is 2.45 bits per heavy atom. The number of aromatic nitrogens is 2. The molecule has 0 amide bonds. The van der Waals surface area contributed by atoms with Gasteiger partial charge in [0.25, 0.3) is 0 Å². The minimum absolute atomic E-state index is 0.0431. The van der Waals surface area contributed by atoms with Gasteiger partial charge in [-0.25, -0.2) is 4.98 Å². The quantitative estimate of drug-likeness (QED) is 0.861. The van der Waals surface area contributed by atoms with Crippen LogP contribution in [0.1, 0.15) is 24.3 Å². The van der Waals surface area contributed by atoms with Crippen molar-refractivity contribution in [3.05, 3.63) is 17.3 Å². The van der Waals surface area contributed by atoms with E-state index in [1.165, 1.54) is 11.3 Å². The fraction of sp³-hybridized carbons (Fsp3) is 0.538. The number of hydrogen-bond acceptors (Lipinski definition) is 6. The van der Waals surface area contributed by atoms with E-state index in [1.54, 1.807) is 4.40 Å². The number of aldehydes is 1. The maximum atomic E-state index is 11.4. The Balaban J connectivity index is 2.00.